The summed E-state index contributed by atoms with van der Waals surface area (Å²) < 4.78 is 1.95. The smallest absolute Gasteiger partial charge is 0.337 e. The highest BCUT2D eigenvalue weighted by Crippen LogP contribution is 2.31. The Bertz CT molecular complexity index is 714. The minimum absolute atomic E-state index is 0.00158. The maximum atomic E-state index is 12.2. The van der Waals surface area contributed by atoms with Crippen LogP contribution in [0.5, 0.6) is 0 Å². The molecule has 0 aliphatic rings. The van der Waals surface area contributed by atoms with E-state index in [1.807, 2.05) is 0 Å². The molecule has 0 aliphatic heterocycles. The van der Waals surface area contributed by atoms with E-state index in [-0.39, 0.29) is 17.2 Å². The lowest BCUT2D eigenvalue weighted by molar-refractivity contribution is 0.0698. The number of carbonyl (C=O) groups is 2. The molecule has 1 amide bonds. The second kappa shape index (κ2) is 6.72. The fourth-order valence-electron chi connectivity index (χ4n) is 1.66. The van der Waals surface area contributed by atoms with E-state index < -0.39 is 5.97 Å². The monoisotopic (exact) mass is 475 g/mol. The summed E-state index contributed by atoms with van der Waals surface area (Å²) in [5, 5.41) is 11.9. The van der Waals surface area contributed by atoms with Crippen LogP contribution in [0, 0.1) is 0 Å². The molecule has 0 radical (unpaired) electrons. The summed E-state index contributed by atoms with van der Waals surface area (Å²) in [5.74, 6) is -1.50. The summed E-state index contributed by atoms with van der Waals surface area (Å²) in [4.78, 5) is 23.5. The van der Waals surface area contributed by atoms with Crippen molar-refractivity contribution in [1.29, 1.82) is 0 Å². The number of halogens is 3. The van der Waals surface area contributed by atoms with Crippen molar-refractivity contribution in [2.75, 3.05) is 5.32 Å². The van der Waals surface area contributed by atoms with Gasteiger partial charge in [0, 0.05) is 19.0 Å². The van der Waals surface area contributed by atoms with Crippen molar-refractivity contribution in [1.82, 2.24) is 0 Å². The van der Waals surface area contributed by atoms with Crippen LogP contribution in [-0.4, -0.2) is 17.0 Å². The van der Waals surface area contributed by atoms with Gasteiger partial charge in [-0.3, -0.25) is 4.79 Å². The Morgan fingerprint density at radius 2 is 1.57 bits per heavy atom. The summed E-state index contributed by atoms with van der Waals surface area (Å²) in [6.07, 6.45) is 0. The third-order valence-electron chi connectivity index (χ3n) is 2.63. The van der Waals surface area contributed by atoms with E-state index in [0.29, 0.717) is 14.5 Å². The Labute approximate surface area is 145 Å². The molecule has 0 aromatic heterocycles. The molecule has 7 heteroatoms. The number of carboxylic acid groups (broad SMARTS) is 1. The number of anilines is 1. The molecule has 21 heavy (non-hydrogen) atoms. The van der Waals surface area contributed by atoms with Crippen molar-refractivity contribution in [2.24, 2.45) is 0 Å². The Morgan fingerprint density at radius 1 is 0.952 bits per heavy atom. The maximum Gasteiger partial charge on any atom is 0.337 e. The standard InChI is InChI=1S/C14H8Br3NO3/c15-8-3-1-7(2-4-8)13(19)18-12-10(14(20)21)5-9(16)6-11(12)17/h1-6H,(H,18,19)(H,20,21). The van der Waals surface area contributed by atoms with Crippen molar-refractivity contribution in [3.8, 4) is 0 Å². The number of aromatic carboxylic acids is 1. The van der Waals surface area contributed by atoms with Crippen LogP contribution < -0.4 is 5.32 Å². The average molecular weight is 478 g/mol. The van der Waals surface area contributed by atoms with Gasteiger partial charge in [-0.1, -0.05) is 31.9 Å². The van der Waals surface area contributed by atoms with Gasteiger partial charge < -0.3 is 10.4 Å². The van der Waals surface area contributed by atoms with Crippen molar-refractivity contribution in [3.05, 3.63) is 60.9 Å². The van der Waals surface area contributed by atoms with Gasteiger partial charge in [0.2, 0.25) is 0 Å². The van der Waals surface area contributed by atoms with E-state index in [1.165, 1.54) is 6.07 Å². The zero-order valence-corrected chi connectivity index (χ0v) is 15.1. The molecule has 2 N–H and O–H groups in total. The van der Waals surface area contributed by atoms with Crippen LogP contribution in [0.4, 0.5) is 5.69 Å². The number of hydrogen-bond donors (Lipinski definition) is 2. The minimum Gasteiger partial charge on any atom is -0.478 e. The molecular weight excluding hydrogens is 470 g/mol. The lowest BCUT2D eigenvalue weighted by atomic mass is 10.1. The zero-order valence-electron chi connectivity index (χ0n) is 10.4. The van der Waals surface area contributed by atoms with Crippen LogP contribution in [0.25, 0.3) is 0 Å². The second-order valence-electron chi connectivity index (χ2n) is 4.08. The molecule has 0 atom stereocenters. The molecule has 4 nitrogen and oxygen atoms in total. The second-order valence-corrected chi connectivity index (χ2v) is 6.76. The van der Waals surface area contributed by atoms with Crippen molar-refractivity contribution >= 4 is 65.4 Å². The zero-order chi connectivity index (χ0) is 15.6. The predicted octanol–water partition coefficient (Wildman–Crippen LogP) is 4.92. The molecule has 0 heterocycles. The first kappa shape index (κ1) is 16.2. The predicted molar refractivity (Wildman–Crippen MR) is 90.9 cm³/mol. The van der Waals surface area contributed by atoms with Crippen molar-refractivity contribution in [3.63, 3.8) is 0 Å². The van der Waals surface area contributed by atoms with Crippen LogP contribution in [0.2, 0.25) is 0 Å². The van der Waals surface area contributed by atoms with E-state index in [9.17, 15) is 14.7 Å². The number of carbonyl (C=O) groups excluding carboxylic acids is 1. The molecule has 0 saturated heterocycles. The molecule has 0 aliphatic carbocycles. The number of nitrogens with one attached hydrogen (secondary N) is 1. The highest BCUT2D eigenvalue weighted by molar-refractivity contribution is 9.11. The third kappa shape index (κ3) is 3.93. The SMILES string of the molecule is O=C(Nc1c(Br)cc(Br)cc1C(=O)O)c1ccc(Br)cc1. The van der Waals surface area contributed by atoms with Crippen LogP contribution in [0.3, 0.4) is 0 Å². The molecule has 0 fully saturated rings. The normalized spacial score (nSPS) is 10.2. The Balaban J connectivity index is 2.37. The van der Waals surface area contributed by atoms with Crippen LogP contribution in [0.1, 0.15) is 20.7 Å². The largest absolute Gasteiger partial charge is 0.478 e. The van der Waals surface area contributed by atoms with Crippen LogP contribution in [-0.2, 0) is 0 Å². The summed E-state index contributed by atoms with van der Waals surface area (Å²) in [6, 6.07) is 9.88. The number of hydrogen-bond acceptors (Lipinski definition) is 2. The highest BCUT2D eigenvalue weighted by atomic mass is 79.9. The Morgan fingerprint density at radius 3 is 2.14 bits per heavy atom. The van der Waals surface area contributed by atoms with E-state index in [1.54, 1.807) is 30.3 Å². The number of amides is 1. The van der Waals surface area contributed by atoms with Gasteiger partial charge in [-0.25, -0.2) is 4.79 Å². The Kier molecular flexibility index (Phi) is 5.18. The van der Waals surface area contributed by atoms with Gasteiger partial charge in [0.05, 0.1) is 11.3 Å². The van der Waals surface area contributed by atoms with Gasteiger partial charge in [0.15, 0.2) is 0 Å². The summed E-state index contributed by atoms with van der Waals surface area (Å²) >= 11 is 9.78. The molecule has 2 aromatic rings. The van der Waals surface area contributed by atoms with E-state index in [4.69, 9.17) is 0 Å². The first-order valence-electron chi connectivity index (χ1n) is 5.67. The van der Waals surface area contributed by atoms with Crippen molar-refractivity contribution in [2.45, 2.75) is 0 Å². The molecular formula is C14H8Br3NO3. The van der Waals surface area contributed by atoms with Gasteiger partial charge in [0.25, 0.3) is 5.91 Å². The highest BCUT2D eigenvalue weighted by Gasteiger charge is 2.17. The van der Waals surface area contributed by atoms with E-state index in [0.717, 1.165) is 4.47 Å². The minimum atomic E-state index is -1.12. The summed E-state index contributed by atoms with van der Waals surface area (Å²) in [6.45, 7) is 0. The lowest BCUT2D eigenvalue weighted by Gasteiger charge is -2.11. The van der Waals surface area contributed by atoms with Gasteiger partial charge >= 0.3 is 5.97 Å². The lowest BCUT2D eigenvalue weighted by Crippen LogP contribution is -2.15. The van der Waals surface area contributed by atoms with Gasteiger partial charge in [-0.2, -0.15) is 0 Å². The van der Waals surface area contributed by atoms with E-state index >= 15 is 0 Å². The number of carboxylic acids is 1. The van der Waals surface area contributed by atoms with E-state index in [2.05, 4.69) is 53.1 Å². The fourth-order valence-corrected chi connectivity index (χ4v) is 3.24. The van der Waals surface area contributed by atoms with Gasteiger partial charge in [-0.05, 0) is 52.3 Å². The first-order valence-corrected chi connectivity index (χ1v) is 8.05. The van der Waals surface area contributed by atoms with Crippen LogP contribution in [0.15, 0.2) is 49.8 Å². The Hall–Kier alpha value is -1.18. The molecule has 0 bridgehead atoms. The van der Waals surface area contributed by atoms with Crippen LogP contribution >= 0.6 is 47.8 Å². The molecule has 0 spiro atoms. The van der Waals surface area contributed by atoms with Crippen molar-refractivity contribution < 1.29 is 14.7 Å². The van der Waals surface area contributed by atoms with Gasteiger partial charge in [-0.15, -0.1) is 0 Å². The quantitative estimate of drug-likeness (QED) is 0.659. The molecule has 0 saturated carbocycles. The average Bonchev–Trinajstić information content (AvgIpc) is 2.41. The maximum absolute atomic E-state index is 12.2. The number of benzene rings is 2. The molecule has 0 unspecified atom stereocenters. The molecule has 2 rings (SSSR count). The first-order chi connectivity index (χ1) is 9.88. The summed E-state index contributed by atoms with van der Waals surface area (Å²) in [7, 11) is 0. The third-order valence-corrected chi connectivity index (χ3v) is 4.24. The van der Waals surface area contributed by atoms with Gasteiger partial charge in [0.1, 0.15) is 0 Å². The molecule has 2 aromatic carbocycles. The topological polar surface area (TPSA) is 66.4 Å². The number of rotatable bonds is 3. The fraction of sp³-hybridized carbons (Fsp3) is 0. The summed E-state index contributed by atoms with van der Waals surface area (Å²) in [5.41, 5.74) is 0.657. The molecule has 108 valence electrons.